The summed E-state index contributed by atoms with van der Waals surface area (Å²) >= 11 is 0. The van der Waals surface area contributed by atoms with Crippen LogP contribution in [0.25, 0.3) is 11.1 Å². The van der Waals surface area contributed by atoms with E-state index in [9.17, 15) is 19.5 Å². The molecule has 1 atom stereocenters. The van der Waals surface area contributed by atoms with Gasteiger partial charge >= 0.3 is 12.1 Å². The van der Waals surface area contributed by atoms with Gasteiger partial charge in [0.25, 0.3) is 0 Å². The molecule has 0 aliphatic heterocycles. The molecule has 2 amide bonds. The Bertz CT molecular complexity index is 1090. The molecule has 184 valence electrons. The number of carbonyl (C=O) groups is 3. The molecule has 5 rings (SSSR count). The molecule has 0 spiro atoms. The second-order valence-electron chi connectivity index (χ2n) is 10.3. The molecule has 2 saturated carbocycles. The lowest BCUT2D eigenvalue weighted by atomic mass is 9.66. The highest BCUT2D eigenvalue weighted by Crippen LogP contribution is 2.46. The summed E-state index contributed by atoms with van der Waals surface area (Å²) in [4.78, 5) is 38.8. The topological polar surface area (TPSA) is 95.9 Å². The first-order valence-corrected chi connectivity index (χ1v) is 12.5. The van der Waals surface area contributed by atoms with Gasteiger partial charge in [0.05, 0.1) is 0 Å². The van der Waals surface area contributed by atoms with Crippen LogP contribution in [0.2, 0.25) is 0 Å². The molecule has 0 radical (unpaired) electrons. The summed E-state index contributed by atoms with van der Waals surface area (Å²) in [6.07, 6.45) is 4.15. The Morgan fingerprint density at radius 3 is 2.17 bits per heavy atom. The van der Waals surface area contributed by atoms with Gasteiger partial charge in [0, 0.05) is 24.9 Å². The molecule has 3 aliphatic rings. The summed E-state index contributed by atoms with van der Waals surface area (Å²) in [5.41, 5.74) is 4.36. The summed E-state index contributed by atoms with van der Waals surface area (Å²) < 4.78 is 5.65. The largest absolute Gasteiger partial charge is 0.480 e. The Morgan fingerprint density at radius 1 is 1.06 bits per heavy atom. The van der Waals surface area contributed by atoms with Gasteiger partial charge in [0.2, 0.25) is 5.91 Å². The number of aliphatic carboxylic acids is 1. The molecule has 2 fully saturated rings. The molecule has 1 unspecified atom stereocenters. The van der Waals surface area contributed by atoms with Crippen molar-refractivity contribution >= 4 is 18.0 Å². The predicted molar refractivity (Wildman–Crippen MR) is 131 cm³/mol. The zero-order chi connectivity index (χ0) is 24.6. The van der Waals surface area contributed by atoms with Crippen LogP contribution in [-0.4, -0.2) is 53.2 Å². The average molecular weight is 477 g/mol. The number of carbonyl (C=O) groups excluding carboxylic acids is 2. The first-order chi connectivity index (χ1) is 16.9. The van der Waals surface area contributed by atoms with Gasteiger partial charge < -0.3 is 20.1 Å². The number of alkyl carbamates (subject to hydrolysis) is 1. The third-order valence-corrected chi connectivity index (χ3v) is 7.89. The second kappa shape index (κ2) is 9.36. The summed E-state index contributed by atoms with van der Waals surface area (Å²) in [5.74, 6) is -1.11. The van der Waals surface area contributed by atoms with Crippen LogP contribution >= 0.6 is 0 Å². The van der Waals surface area contributed by atoms with Crippen molar-refractivity contribution in [3.63, 3.8) is 0 Å². The number of hydrogen-bond donors (Lipinski definition) is 2. The van der Waals surface area contributed by atoms with E-state index < -0.39 is 18.1 Å². The van der Waals surface area contributed by atoms with E-state index in [0.717, 1.165) is 43.2 Å². The van der Waals surface area contributed by atoms with E-state index >= 15 is 0 Å². The van der Waals surface area contributed by atoms with Gasteiger partial charge in [0.15, 0.2) is 0 Å². The Morgan fingerprint density at radius 2 is 1.66 bits per heavy atom. The molecule has 35 heavy (non-hydrogen) atoms. The third-order valence-electron chi connectivity index (χ3n) is 7.89. The molecule has 2 aromatic carbocycles. The van der Waals surface area contributed by atoms with Gasteiger partial charge in [-0.25, -0.2) is 9.59 Å². The molecular weight excluding hydrogens is 444 g/mol. The first-order valence-electron chi connectivity index (χ1n) is 12.5. The van der Waals surface area contributed by atoms with Crippen molar-refractivity contribution in [2.24, 2.45) is 5.41 Å². The molecule has 0 saturated heterocycles. The van der Waals surface area contributed by atoms with Crippen LogP contribution in [-0.2, 0) is 14.3 Å². The first kappa shape index (κ1) is 23.4. The van der Waals surface area contributed by atoms with Gasteiger partial charge in [-0.2, -0.15) is 0 Å². The molecule has 7 heteroatoms. The number of rotatable bonds is 9. The van der Waals surface area contributed by atoms with Crippen molar-refractivity contribution in [3.05, 3.63) is 59.7 Å². The van der Waals surface area contributed by atoms with E-state index in [2.05, 4.69) is 29.6 Å². The van der Waals surface area contributed by atoms with Crippen LogP contribution in [0.3, 0.4) is 0 Å². The number of ether oxygens (including phenoxy) is 1. The fourth-order valence-corrected chi connectivity index (χ4v) is 5.62. The monoisotopic (exact) mass is 476 g/mol. The average Bonchev–Trinajstić information content (AvgIpc) is 3.61. The summed E-state index contributed by atoms with van der Waals surface area (Å²) in [7, 11) is 0. The lowest BCUT2D eigenvalue weighted by Gasteiger charge is -2.43. The van der Waals surface area contributed by atoms with Crippen LogP contribution in [0.5, 0.6) is 0 Å². The van der Waals surface area contributed by atoms with Crippen molar-refractivity contribution in [1.82, 2.24) is 10.2 Å². The molecule has 0 bridgehead atoms. The number of fused-ring (bicyclic) bond motifs is 3. The lowest BCUT2D eigenvalue weighted by Crippen LogP contribution is -2.50. The minimum absolute atomic E-state index is 0.00278. The second-order valence-corrected chi connectivity index (χ2v) is 10.3. The van der Waals surface area contributed by atoms with E-state index in [0.29, 0.717) is 6.54 Å². The molecule has 3 aliphatic carbocycles. The minimum atomic E-state index is -0.982. The highest BCUT2D eigenvalue weighted by Gasteiger charge is 2.44. The van der Waals surface area contributed by atoms with E-state index in [1.165, 1.54) is 16.0 Å². The van der Waals surface area contributed by atoms with Crippen LogP contribution < -0.4 is 5.32 Å². The Labute approximate surface area is 205 Å². The highest BCUT2D eigenvalue weighted by molar-refractivity contribution is 5.84. The fourth-order valence-electron chi connectivity index (χ4n) is 5.62. The molecule has 2 aromatic rings. The normalized spacial score (nSPS) is 18.5. The van der Waals surface area contributed by atoms with Crippen LogP contribution in [0.15, 0.2) is 48.5 Å². The smallest absolute Gasteiger partial charge is 0.407 e. The van der Waals surface area contributed by atoms with Gasteiger partial charge in [-0.05, 0) is 60.3 Å². The zero-order valence-corrected chi connectivity index (χ0v) is 20.0. The summed E-state index contributed by atoms with van der Waals surface area (Å²) in [5, 5.41) is 12.3. The quantitative estimate of drug-likeness (QED) is 0.554. The maximum Gasteiger partial charge on any atom is 0.407 e. The van der Waals surface area contributed by atoms with Crippen molar-refractivity contribution in [2.45, 2.75) is 63.5 Å². The van der Waals surface area contributed by atoms with Crippen molar-refractivity contribution in [3.8, 4) is 11.1 Å². The third kappa shape index (κ3) is 4.64. The van der Waals surface area contributed by atoms with Crippen molar-refractivity contribution < 1.29 is 24.2 Å². The van der Waals surface area contributed by atoms with E-state index in [-0.39, 0.29) is 36.3 Å². The standard InChI is InChI=1S/C28H32N2O5/c1-18(26(32)33)30(19-11-12-19)25(31)15-28(13-6-14-28)17-29-27(34)35-16-24-22-9-4-2-7-20(22)21-8-3-5-10-23(21)24/h2-5,7-10,18-19,24H,6,11-17H2,1H3,(H,29,34)(H,32,33). The number of nitrogens with zero attached hydrogens (tertiary/aromatic N) is 1. The van der Waals surface area contributed by atoms with Crippen LogP contribution in [0.1, 0.15) is 62.5 Å². The number of hydrogen-bond acceptors (Lipinski definition) is 4. The fraction of sp³-hybridized carbons (Fsp3) is 0.464. The van der Waals surface area contributed by atoms with Crippen molar-refractivity contribution in [2.75, 3.05) is 13.2 Å². The van der Waals surface area contributed by atoms with Crippen LogP contribution in [0.4, 0.5) is 4.79 Å². The van der Waals surface area contributed by atoms with E-state index in [4.69, 9.17) is 4.74 Å². The molecule has 0 aromatic heterocycles. The van der Waals surface area contributed by atoms with Crippen molar-refractivity contribution in [1.29, 1.82) is 0 Å². The number of amides is 2. The maximum absolute atomic E-state index is 13.1. The molecule has 0 heterocycles. The van der Waals surface area contributed by atoms with Gasteiger partial charge in [-0.3, -0.25) is 4.79 Å². The predicted octanol–water partition coefficient (Wildman–Crippen LogP) is 4.55. The van der Waals surface area contributed by atoms with Gasteiger partial charge in [-0.15, -0.1) is 0 Å². The van der Waals surface area contributed by atoms with Gasteiger partial charge in [0.1, 0.15) is 12.6 Å². The number of nitrogens with one attached hydrogen (secondary N) is 1. The SMILES string of the molecule is CC(C(=O)O)N(C(=O)CC1(CNC(=O)OCC2c3ccccc3-c3ccccc32)CCC1)C1CC1. The zero-order valence-electron chi connectivity index (χ0n) is 20.0. The summed E-state index contributed by atoms with van der Waals surface area (Å²) in [6, 6.07) is 15.6. The van der Waals surface area contributed by atoms with E-state index in [1.54, 1.807) is 6.92 Å². The Balaban J connectivity index is 1.18. The molecule has 7 nitrogen and oxygen atoms in total. The van der Waals surface area contributed by atoms with E-state index in [1.807, 2.05) is 24.3 Å². The number of carboxylic acids is 1. The maximum atomic E-state index is 13.1. The number of benzene rings is 2. The highest BCUT2D eigenvalue weighted by atomic mass is 16.5. The molecule has 2 N–H and O–H groups in total. The molecular formula is C28H32N2O5. The van der Waals surface area contributed by atoms with Gasteiger partial charge in [-0.1, -0.05) is 55.0 Å². The Kier molecular flexibility index (Phi) is 6.26. The summed E-state index contributed by atoms with van der Waals surface area (Å²) in [6.45, 7) is 2.17. The minimum Gasteiger partial charge on any atom is -0.480 e. The lowest BCUT2D eigenvalue weighted by molar-refractivity contribution is -0.151. The Hall–Kier alpha value is -3.35. The number of carboxylic acid groups (broad SMARTS) is 1. The van der Waals surface area contributed by atoms with Crippen LogP contribution in [0, 0.1) is 5.41 Å².